The van der Waals surface area contributed by atoms with Gasteiger partial charge in [-0.25, -0.2) is 18.7 Å². The van der Waals surface area contributed by atoms with E-state index in [4.69, 9.17) is 0 Å². The Morgan fingerprint density at radius 3 is 2.32 bits per heavy atom. The number of anilines is 2. The van der Waals surface area contributed by atoms with Crippen molar-refractivity contribution >= 4 is 23.5 Å². The fourth-order valence-electron chi connectivity index (χ4n) is 2.47. The van der Waals surface area contributed by atoms with Crippen molar-refractivity contribution in [2.24, 2.45) is 0 Å². The average Bonchev–Trinajstić information content (AvgIpc) is 2.65. The van der Waals surface area contributed by atoms with Crippen molar-refractivity contribution in [1.82, 2.24) is 14.9 Å². The minimum atomic E-state index is -1.10. The normalized spacial score (nSPS) is 14.3. The average molecular weight is 347 g/mol. The molecule has 0 unspecified atom stereocenters. The van der Waals surface area contributed by atoms with Crippen molar-refractivity contribution in [2.45, 2.75) is 0 Å². The van der Waals surface area contributed by atoms with Crippen LogP contribution in [0.4, 0.5) is 20.4 Å². The number of hydrogen-bond acceptors (Lipinski definition) is 5. The van der Waals surface area contributed by atoms with Crippen LogP contribution in [0.3, 0.4) is 0 Å². The molecule has 0 spiro atoms. The van der Waals surface area contributed by atoms with Gasteiger partial charge in [0.25, 0.3) is 0 Å². The van der Waals surface area contributed by atoms with E-state index in [2.05, 4.69) is 15.3 Å². The second-order valence-electron chi connectivity index (χ2n) is 5.41. The highest BCUT2D eigenvalue weighted by atomic mass is 19.2. The number of halogens is 2. The number of carbonyl (C=O) groups excluding carboxylic acids is 2. The van der Waals surface area contributed by atoms with Gasteiger partial charge in [-0.3, -0.25) is 9.59 Å². The maximum Gasteiger partial charge on any atom is 0.313 e. The summed E-state index contributed by atoms with van der Waals surface area (Å²) in [5.74, 6) is -3.17. The van der Waals surface area contributed by atoms with Gasteiger partial charge in [-0.2, -0.15) is 0 Å². The number of carbonyl (C=O) groups is 2. The minimum absolute atomic E-state index is 0.0218. The van der Waals surface area contributed by atoms with E-state index in [0.717, 1.165) is 12.1 Å². The summed E-state index contributed by atoms with van der Waals surface area (Å²) < 4.78 is 26.0. The molecular formula is C16H15F2N5O2. The Morgan fingerprint density at radius 2 is 1.68 bits per heavy atom. The summed E-state index contributed by atoms with van der Waals surface area (Å²) >= 11 is 0. The lowest BCUT2D eigenvalue weighted by Gasteiger charge is -2.34. The molecule has 1 N–H and O–H groups in total. The molecule has 1 aromatic heterocycles. The van der Waals surface area contributed by atoms with Crippen molar-refractivity contribution in [3.05, 3.63) is 48.3 Å². The molecule has 1 saturated heterocycles. The molecule has 1 aromatic carbocycles. The Balaban J connectivity index is 1.56. The second kappa shape index (κ2) is 7.20. The standard InChI is InChI=1S/C16H15F2N5O2/c17-12-3-2-11(10-13(12)18)21-14(24)15(25)22-6-8-23(9-7-22)16-19-4-1-5-20-16/h1-5,10H,6-9H2,(H,21,24). The molecule has 2 heterocycles. The first-order valence-corrected chi connectivity index (χ1v) is 7.62. The Labute approximate surface area is 142 Å². The molecule has 25 heavy (non-hydrogen) atoms. The van der Waals surface area contributed by atoms with E-state index in [-0.39, 0.29) is 5.69 Å². The molecule has 1 fully saturated rings. The summed E-state index contributed by atoms with van der Waals surface area (Å²) in [7, 11) is 0. The highest BCUT2D eigenvalue weighted by molar-refractivity contribution is 6.39. The topological polar surface area (TPSA) is 78.4 Å². The van der Waals surface area contributed by atoms with Crippen LogP contribution in [0.15, 0.2) is 36.7 Å². The number of nitrogens with one attached hydrogen (secondary N) is 1. The molecule has 0 bridgehead atoms. The maximum atomic E-state index is 13.2. The molecule has 0 radical (unpaired) electrons. The first kappa shape index (κ1) is 16.7. The van der Waals surface area contributed by atoms with Crippen molar-refractivity contribution in [3.63, 3.8) is 0 Å². The summed E-state index contributed by atoms with van der Waals surface area (Å²) in [6.07, 6.45) is 3.27. The van der Waals surface area contributed by atoms with Crippen LogP contribution in [0.25, 0.3) is 0 Å². The molecule has 1 aliphatic rings. The summed E-state index contributed by atoms with van der Waals surface area (Å²) in [5.41, 5.74) is 0.0218. The van der Waals surface area contributed by atoms with E-state index in [1.807, 2.05) is 4.90 Å². The lowest BCUT2D eigenvalue weighted by Crippen LogP contribution is -2.52. The second-order valence-corrected chi connectivity index (χ2v) is 5.41. The van der Waals surface area contributed by atoms with Crippen LogP contribution in [-0.2, 0) is 9.59 Å². The number of aromatic nitrogens is 2. The van der Waals surface area contributed by atoms with E-state index in [1.165, 1.54) is 11.0 Å². The zero-order valence-electron chi connectivity index (χ0n) is 13.2. The van der Waals surface area contributed by atoms with Gasteiger partial charge in [0.2, 0.25) is 5.95 Å². The molecule has 0 saturated carbocycles. The van der Waals surface area contributed by atoms with Crippen LogP contribution in [0, 0.1) is 11.6 Å². The first-order valence-electron chi connectivity index (χ1n) is 7.62. The summed E-state index contributed by atoms with van der Waals surface area (Å²) in [4.78, 5) is 35.8. The molecule has 0 aliphatic carbocycles. The molecule has 1 aliphatic heterocycles. The molecule has 2 aromatic rings. The predicted octanol–water partition coefficient (Wildman–Crippen LogP) is 1.04. The van der Waals surface area contributed by atoms with Gasteiger partial charge in [0.05, 0.1) is 0 Å². The van der Waals surface area contributed by atoms with Crippen LogP contribution < -0.4 is 10.2 Å². The maximum absolute atomic E-state index is 13.2. The van der Waals surface area contributed by atoms with Crippen LogP contribution in [0.2, 0.25) is 0 Å². The number of benzene rings is 1. The third-order valence-electron chi connectivity index (χ3n) is 3.77. The Hall–Kier alpha value is -3.10. The highest BCUT2D eigenvalue weighted by Crippen LogP contribution is 2.14. The Bertz CT molecular complexity index is 779. The van der Waals surface area contributed by atoms with Crippen molar-refractivity contribution in [3.8, 4) is 0 Å². The molecule has 130 valence electrons. The van der Waals surface area contributed by atoms with Gasteiger partial charge in [0, 0.05) is 50.3 Å². The zero-order chi connectivity index (χ0) is 17.8. The lowest BCUT2D eigenvalue weighted by molar-refractivity contribution is -0.143. The van der Waals surface area contributed by atoms with Gasteiger partial charge in [0.15, 0.2) is 11.6 Å². The number of nitrogens with zero attached hydrogens (tertiary/aromatic N) is 4. The first-order chi connectivity index (χ1) is 12.0. The zero-order valence-corrected chi connectivity index (χ0v) is 13.2. The molecular weight excluding hydrogens is 332 g/mol. The summed E-state index contributed by atoms with van der Waals surface area (Å²) in [6.45, 7) is 1.66. The van der Waals surface area contributed by atoms with Gasteiger partial charge in [-0.05, 0) is 18.2 Å². The lowest BCUT2D eigenvalue weighted by atomic mass is 10.2. The quantitative estimate of drug-likeness (QED) is 0.822. The van der Waals surface area contributed by atoms with E-state index < -0.39 is 23.4 Å². The van der Waals surface area contributed by atoms with Crippen molar-refractivity contribution in [1.29, 1.82) is 0 Å². The Morgan fingerprint density at radius 1 is 1.00 bits per heavy atom. The SMILES string of the molecule is O=C(Nc1ccc(F)c(F)c1)C(=O)N1CCN(c2ncccn2)CC1. The van der Waals surface area contributed by atoms with Crippen molar-refractivity contribution in [2.75, 3.05) is 36.4 Å². The highest BCUT2D eigenvalue weighted by Gasteiger charge is 2.27. The fourth-order valence-corrected chi connectivity index (χ4v) is 2.47. The van der Waals surface area contributed by atoms with Gasteiger partial charge < -0.3 is 15.1 Å². The van der Waals surface area contributed by atoms with E-state index in [0.29, 0.717) is 32.1 Å². The minimum Gasteiger partial charge on any atom is -0.337 e. The van der Waals surface area contributed by atoms with Gasteiger partial charge in [-0.15, -0.1) is 0 Å². The molecule has 0 atom stereocenters. The van der Waals surface area contributed by atoms with Crippen LogP contribution in [0.1, 0.15) is 0 Å². The van der Waals surface area contributed by atoms with Gasteiger partial charge in [-0.1, -0.05) is 0 Å². The number of piperazine rings is 1. The van der Waals surface area contributed by atoms with E-state index >= 15 is 0 Å². The largest absolute Gasteiger partial charge is 0.337 e. The van der Waals surface area contributed by atoms with Gasteiger partial charge >= 0.3 is 11.8 Å². The predicted molar refractivity (Wildman–Crippen MR) is 85.8 cm³/mol. The molecule has 2 amide bonds. The smallest absolute Gasteiger partial charge is 0.313 e. The fraction of sp³-hybridized carbons (Fsp3) is 0.250. The van der Waals surface area contributed by atoms with Crippen LogP contribution >= 0.6 is 0 Å². The summed E-state index contributed by atoms with van der Waals surface area (Å²) in [6, 6.07) is 4.61. The van der Waals surface area contributed by atoms with Crippen molar-refractivity contribution < 1.29 is 18.4 Å². The number of hydrogen-bond donors (Lipinski definition) is 1. The van der Waals surface area contributed by atoms with E-state index in [9.17, 15) is 18.4 Å². The number of rotatable bonds is 2. The van der Waals surface area contributed by atoms with E-state index in [1.54, 1.807) is 18.5 Å². The number of amides is 2. The molecule has 9 heteroatoms. The molecule has 7 nitrogen and oxygen atoms in total. The monoisotopic (exact) mass is 347 g/mol. The third kappa shape index (κ3) is 3.87. The van der Waals surface area contributed by atoms with Crippen LogP contribution in [-0.4, -0.2) is 52.9 Å². The Kier molecular flexibility index (Phi) is 4.82. The molecule has 3 rings (SSSR count). The summed E-state index contributed by atoms with van der Waals surface area (Å²) in [5, 5.41) is 2.27. The van der Waals surface area contributed by atoms with Crippen LogP contribution in [0.5, 0.6) is 0 Å². The van der Waals surface area contributed by atoms with Gasteiger partial charge in [0.1, 0.15) is 0 Å². The third-order valence-corrected chi connectivity index (χ3v) is 3.77.